The summed E-state index contributed by atoms with van der Waals surface area (Å²) in [6.07, 6.45) is 8.54. The van der Waals surface area contributed by atoms with Gasteiger partial charge in [0.15, 0.2) is 0 Å². The number of amides is 2. The number of benzene rings is 1. The number of allylic oxidation sites excluding steroid dienone is 1. The smallest absolute Gasteiger partial charge is 0.239 e. The topological polar surface area (TPSA) is 49.4 Å². The van der Waals surface area contributed by atoms with Crippen molar-refractivity contribution in [1.82, 2.24) is 10.2 Å². The third kappa shape index (κ3) is 7.08. The first-order chi connectivity index (χ1) is 12.0. The Morgan fingerprint density at radius 1 is 1.16 bits per heavy atom. The van der Waals surface area contributed by atoms with E-state index < -0.39 is 0 Å². The van der Waals surface area contributed by atoms with Crippen LogP contribution in [0, 0.1) is 5.82 Å². The number of carbonyl (C=O) groups excluding carboxylic acids is 2. The summed E-state index contributed by atoms with van der Waals surface area (Å²) in [5.41, 5.74) is 2.36. The number of halogens is 1. The number of rotatable bonds is 8. The lowest BCUT2D eigenvalue weighted by molar-refractivity contribution is -0.134. The number of hydrogen-bond donors (Lipinski definition) is 1. The quantitative estimate of drug-likeness (QED) is 0.735. The monoisotopic (exact) mass is 346 g/mol. The van der Waals surface area contributed by atoms with Gasteiger partial charge in [0.05, 0.1) is 6.54 Å². The molecule has 0 saturated carbocycles. The zero-order chi connectivity index (χ0) is 18.1. The van der Waals surface area contributed by atoms with Gasteiger partial charge in [-0.15, -0.1) is 0 Å². The van der Waals surface area contributed by atoms with E-state index in [0.29, 0.717) is 19.5 Å². The van der Waals surface area contributed by atoms with Crippen LogP contribution in [0.5, 0.6) is 0 Å². The van der Waals surface area contributed by atoms with Gasteiger partial charge in [-0.25, -0.2) is 4.39 Å². The molecule has 0 spiro atoms. The summed E-state index contributed by atoms with van der Waals surface area (Å²) in [5, 5.41) is 2.90. The summed E-state index contributed by atoms with van der Waals surface area (Å²) in [6.45, 7) is 2.59. The summed E-state index contributed by atoms with van der Waals surface area (Å²) in [5.74, 6) is -0.544. The Balaban J connectivity index is 1.73. The number of nitrogens with one attached hydrogen (secondary N) is 1. The molecular formula is C20H27FN2O2. The molecule has 0 fully saturated rings. The standard InChI is InChI=1S/C20H27FN2O2/c1-16(24)23(14-12-18-7-9-19(21)10-8-18)15-20(25)22-13-11-17-5-3-2-4-6-17/h5,7-10H,2-4,6,11-15H2,1H3,(H,22,25). The molecule has 0 aromatic heterocycles. The maximum absolute atomic E-state index is 12.9. The van der Waals surface area contributed by atoms with E-state index in [4.69, 9.17) is 0 Å². The first kappa shape index (κ1) is 19.2. The van der Waals surface area contributed by atoms with Crippen LogP contribution in [0.2, 0.25) is 0 Å². The Morgan fingerprint density at radius 3 is 2.56 bits per heavy atom. The molecule has 0 saturated heterocycles. The van der Waals surface area contributed by atoms with Crippen LogP contribution >= 0.6 is 0 Å². The van der Waals surface area contributed by atoms with E-state index in [1.165, 1.54) is 42.4 Å². The Hall–Kier alpha value is -2.17. The van der Waals surface area contributed by atoms with Crippen molar-refractivity contribution >= 4 is 11.8 Å². The van der Waals surface area contributed by atoms with Crippen LogP contribution in [0.4, 0.5) is 4.39 Å². The Bertz CT molecular complexity index is 611. The maximum atomic E-state index is 12.9. The van der Waals surface area contributed by atoms with E-state index in [1.807, 2.05) is 0 Å². The fourth-order valence-corrected chi connectivity index (χ4v) is 2.99. The van der Waals surface area contributed by atoms with Crippen molar-refractivity contribution in [2.75, 3.05) is 19.6 Å². The van der Waals surface area contributed by atoms with Crippen molar-refractivity contribution in [3.63, 3.8) is 0 Å². The Morgan fingerprint density at radius 2 is 1.92 bits per heavy atom. The molecule has 0 heterocycles. The van der Waals surface area contributed by atoms with Crippen LogP contribution in [0.3, 0.4) is 0 Å². The molecule has 25 heavy (non-hydrogen) atoms. The third-order valence-electron chi connectivity index (χ3n) is 4.52. The van der Waals surface area contributed by atoms with Gasteiger partial charge in [-0.1, -0.05) is 23.8 Å². The molecule has 0 atom stereocenters. The fraction of sp³-hybridized carbons (Fsp3) is 0.500. The van der Waals surface area contributed by atoms with Crippen molar-refractivity contribution in [3.8, 4) is 0 Å². The third-order valence-corrected chi connectivity index (χ3v) is 4.52. The van der Waals surface area contributed by atoms with Gasteiger partial charge >= 0.3 is 0 Å². The first-order valence-electron chi connectivity index (χ1n) is 8.99. The molecule has 1 aliphatic carbocycles. The fourth-order valence-electron chi connectivity index (χ4n) is 2.99. The van der Waals surface area contributed by atoms with E-state index in [9.17, 15) is 14.0 Å². The second-order valence-electron chi connectivity index (χ2n) is 6.53. The average molecular weight is 346 g/mol. The minimum atomic E-state index is -0.278. The van der Waals surface area contributed by atoms with Crippen LogP contribution in [-0.4, -0.2) is 36.3 Å². The van der Waals surface area contributed by atoms with E-state index in [2.05, 4.69) is 11.4 Å². The van der Waals surface area contributed by atoms with Crippen molar-refractivity contribution < 1.29 is 14.0 Å². The lowest BCUT2D eigenvalue weighted by Gasteiger charge is -2.21. The lowest BCUT2D eigenvalue weighted by atomic mass is 9.97. The summed E-state index contributed by atoms with van der Waals surface area (Å²) in [7, 11) is 0. The highest BCUT2D eigenvalue weighted by molar-refractivity contribution is 5.83. The van der Waals surface area contributed by atoms with E-state index in [0.717, 1.165) is 24.8 Å². The normalized spacial score (nSPS) is 13.9. The van der Waals surface area contributed by atoms with E-state index in [1.54, 1.807) is 12.1 Å². The second kappa shape index (κ2) is 9.97. The average Bonchev–Trinajstić information content (AvgIpc) is 2.60. The van der Waals surface area contributed by atoms with Crippen molar-refractivity contribution in [1.29, 1.82) is 0 Å². The second-order valence-corrected chi connectivity index (χ2v) is 6.53. The van der Waals surface area contributed by atoms with Crippen LogP contribution in [0.25, 0.3) is 0 Å². The van der Waals surface area contributed by atoms with Gasteiger partial charge in [-0.2, -0.15) is 0 Å². The van der Waals surface area contributed by atoms with Gasteiger partial charge in [-0.3, -0.25) is 9.59 Å². The van der Waals surface area contributed by atoms with Gasteiger partial charge in [0.2, 0.25) is 11.8 Å². The maximum Gasteiger partial charge on any atom is 0.239 e. The molecule has 0 bridgehead atoms. The Kier molecular flexibility index (Phi) is 7.64. The zero-order valence-corrected chi connectivity index (χ0v) is 14.9. The van der Waals surface area contributed by atoms with Crippen LogP contribution in [0.1, 0.15) is 44.6 Å². The molecule has 5 heteroatoms. The predicted molar refractivity (Wildman–Crippen MR) is 96.5 cm³/mol. The number of hydrogen-bond acceptors (Lipinski definition) is 2. The van der Waals surface area contributed by atoms with Gasteiger partial charge in [0.1, 0.15) is 5.82 Å². The highest BCUT2D eigenvalue weighted by atomic mass is 19.1. The molecule has 1 aromatic rings. The largest absolute Gasteiger partial charge is 0.354 e. The summed E-state index contributed by atoms with van der Waals surface area (Å²) in [4.78, 5) is 25.4. The van der Waals surface area contributed by atoms with Gasteiger partial charge < -0.3 is 10.2 Å². The Labute approximate surface area is 149 Å². The van der Waals surface area contributed by atoms with Crippen molar-refractivity contribution in [3.05, 3.63) is 47.3 Å². The molecule has 2 amide bonds. The highest BCUT2D eigenvalue weighted by Gasteiger charge is 2.13. The predicted octanol–water partition coefficient (Wildman–Crippen LogP) is 3.22. The van der Waals surface area contributed by atoms with Gasteiger partial charge in [0, 0.05) is 20.0 Å². The molecule has 0 unspecified atom stereocenters. The molecule has 0 aliphatic heterocycles. The molecular weight excluding hydrogens is 319 g/mol. The van der Waals surface area contributed by atoms with Gasteiger partial charge in [-0.05, 0) is 56.2 Å². The summed E-state index contributed by atoms with van der Waals surface area (Å²) >= 11 is 0. The van der Waals surface area contributed by atoms with Crippen LogP contribution in [-0.2, 0) is 16.0 Å². The van der Waals surface area contributed by atoms with Crippen molar-refractivity contribution in [2.24, 2.45) is 0 Å². The highest BCUT2D eigenvalue weighted by Crippen LogP contribution is 2.19. The minimum absolute atomic E-state index is 0.0651. The van der Waals surface area contributed by atoms with E-state index >= 15 is 0 Å². The zero-order valence-electron chi connectivity index (χ0n) is 14.9. The molecule has 136 valence electrons. The molecule has 2 rings (SSSR count). The molecule has 4 nitrogen and oxygen atoms in total. The molecule has 1 aliphatic rings. The van der Waals surface area contributed by atoms with Gasteiger partial charge in [0.25, 0.3) is 0 Å². The van der Waals surface area contributed by atoms with Crippen LogP contribution < -0.4 is 5.32 Å². The number of carbonyl (C=O) groups is 2. The first-order valence-corrected chi connectivity index (χ1v) is 8.99. The number of nitrogens with zero attached hydrogens (tertiary/aromatic N) is 1. The summed E-state index contributed by atoms with van der Waals surface area (Å²) < 4.78 is 12.9. The molecule has 0 radical (unpaired) electrons. The van der Waals surface area contributed by atoms with Crippen molar-refractivity contribution in [2.45, 2.75) is 45.4 Å². The lowest BCUT2D eigenvalue weighted by Crippen LogP contribution is -2.41. The molecule has 1 N–H and O–H groups in total. The SMILES string of the molecule is CC(=O)N(CCc1ccc(F)cc1)CC(=O)NCCC1=CCCCC1. The summed E-state index contributed by atoms with van der Waals surface area (Å²) in [6, 6.07) is 6.21. The van der Waals surface area contributed by atoms with Crippen LogP contribution in [0.15, 0.2) is 35.9 Å². The molecule has 1 aromatic carbocycles. The van der Waals surface area contributed by atoms with E-state index in [-0.39, 0.29) is 24.2 Å². The minimum Gasteiger partial charge on any atom is -0.354 e.